The van der Waals surface area contributed by atoms with Crippen molar-refractivity contribution in [3.8, 4) is 22.3 Å². The van der Waals surface area contributed by atoms with E-state index < -0.39 is 0 Å². The van der Waals surface area contributed by atoms with Crippen molar-refractivity contribution in [1.82, 2.24) is 0 Å². The number of hydrogen-bond acceptors (Lipinski definition) is 0. The van der Waals surface area contributed by atoms with Gasteiger partial charge in [0.05, 0.1) is 0 Å². The molecular formula is C54H36. The maximum atomic E-state index is 2.57. The van der Waals surface area contributed by atoms with E-state index in [1.165, 1.54) is 98.7 Å². The summed E-state index contributed by atoms with van der Waals surface area (Å²) in [4.78, 5) is 0. The van der Waals surface area contributed by atoms with Gasteiger partial charge in [-0.3, -0.25) is 0 Å². The fraction of sp³-hybridized carbons (Fsp3) is 0.0741. The second-order valence-electron chi connectivity index (χ2n) is 15.5. The minimum atomic E-state index is -0.144. The van der Waals surface area contributed by atoms with Crippen LogP contribution in [0.5, 0.6) is 0 Å². The van der Waals surface area contributed by atoms with Gasteiger partial charge in [-0.05, 0) is 117 Å². The molecule has 0 saturated carbocycles. The summed E-state index contributed by atoms with van der Waals surface area (Å²) in [6.45, 7) is 0. The van der Waals surface area contributed by atoms with Gasteiger partial charge in [0.1, 0.15) is 0 Å². The molecule has 0 fully saturated rings. The van der Waals surface area contributed by atoms with Crippen LogP contribution in [0.15, 0.2) is 194 Å². The third-order valence-electron chi connectivity index (χ3n) is 12.8. The fourth-order valence-corrected chi connectivity index (χ4v) is 10.4. The molecule has 0 amide bonds. The van der Waals surface area contributed by atoms with E-state index >= 15 is 0 Å². The Bertz CT molecular complexity index is 3060. The molecule has 0 nitrogen and oxygen atoms in total. The van der Waals surface area contributed by atoms with Crippen molar-refractivity contribution in [3.05, 3.63) is 222 Å². The number of benzene rings is 8. The van der Waals surface area contributed by atoms with E-state index in [-0.39, 0.29) is 5.41 Å². The molecule has 1 spiro atoms. The topological polar surface area (TPSA) is 0 Å². The van der Waals surface area contributed by atoms with E-state index in [0.29, 0.717) is 11.8 Å². The first-order chi connectivity index (χ1) is 26.8. The quantitative estimate of drug-likeness (QED) is 0.163. The molecule has 0 heterocycles. The summed E-state index contributed by atoms with van der Waals surface area (Å²) >= 11 is 0. The molecule has 12 rings (SSSR count). The van der Waals surface area contributed by atoms with Gasteiger partial charge in [-0.1, -0.05) is 182 Å². The van der Waals surface area contributed by atoms with E-state index in [4.69, 9.17) is 0 Å². The Balaban J connectivity index is 1.20. The minimum absolute atomic E-state index is 0.144. The van der Waals surface area contributed by atoms with Crippen LogP contribution in [0.25, 0.3) is 70.9 Å². The highest BCUT2D eigenvalue weighted by atomic mass is 14.4. The summed E-state index contributed by atoms with van der Waals surface area (Å²) in [5.41, 5.74) is 13.2. The van der Waals surface area contributed by atoms with Gasteiger partial charge >= 0.3 is 0 Å². The summed E-state index contributed by atoms with van der Waals surface area (Å²) in [6, 6.07) is 53.0. The van der Waals surface area contributed by atoms with E-state index in [1.54, 1.807) is 0 Å². The van der Waals surface area contributed by atoms with Crippen LogP contribution in [-0.4, -0.2) is 0 Å². The molecule has 0 bridgehead atoms. The normalized spacial score (nSPS) is 20.4. The number of rotatable bonds is 3. The lowest BCUT2D eigenvalue weighted by atomic mass is 9.77. The molecule has 8 aromatic rings. The Morgan fingerprint density at radius 3 is 2.02 bits per heavy atom. The molecule has 252 valence electrons. The summed E-state index contributed by atoms with van der Waals surface area (Å²) < 4.78 is 0. The Kier molecular flexibility index (Phi) is 6.25. The molecule has 0 aromatic heterocycles. The van der Waals surface area contributed by atoms with Gasteiger partial charge in [0.2, 0.25) is 0 Å². The molecule has 8 aromatic carbocycles. The van der Waals surface area contributed by atoms with Gasteiger partial charge in [0.15, 0.2) is 0 Å². The number of fused-ring (bicyclic) bond motifs is 8. The van der Waals surface area contributed by atoms with Crippen LogP contribution in [0.1, 0.15) is 46.1 Å². The Labute approximate surface area is 315 Å². The van der Waals surface area contributed by atoms with Crippen LogP contribution in [0.4, 0.5) is 0 Å². The summed E-state index contributed by atoms with van der Waals surface area (Å²) in [5.74, 6) is 0.786. The SMILES string of the molecule is C1=CCC2(C=C1)C=C(c1c3ccccc3c(-c3ccc4c5c(cccc35)C3C=CC=CC43)c3cc(-c4ccc5ccccc5c4)ccc13)c1ccccc12. The molecule has 0 heteroatoms. The number of allylic oxidation sites excluding steroid dienone is 9. The molecule has 54 heavy (non-hydrogen) atoms. The van der Waals surface area contributed by atoms with Crippen molar-refractivity contribution in [1.29, 1.82) is 0 Å². The van der Waals surface area contributed by atoms with Crippen molar-refractivity contribution in [3.63, 3.8) is 0 Å². The Hall–Kier alpha value is -6.50. The lowest BCUT2D eigenvalue weighted by Crippen LogP contribution is -2.19. The predicted octanol–water partition coefficient (Wildman–Crippen LogP) is 14.1. The monoisotopic (exact) mass is 684 g/mol. The first-order valence-electron chi connectivity index (χ1n) is 19.3. The summed E-state index contributed by atoms with van der Waals surface area (Å²) in [7, 11) is 0. The van der Waals surface area contributed by atoms with Crippen LogP contribution in [0.3, 0.4) is 0 Å². The van der Waals surface area contributed by atoms with E-state index in [1.807, 2.05) is 0 Å². The average Bonchev–Trinajstić information content (AvgIpc) is 3.73. The molecule has 3 atom stereocenters. The highest BCUT2D eigenvalue weighted by Crippen LogP contribution is 2.55. The van der Waals surface area contributed by atoms with Crippen LogP contribution in [0.2, 0.25) is 0 Å². The maximum absolute atomic E-state index is 2.57. The number of hydrogen-bond donors (Lipinski definition) is 0. The maximum Gasteiger partial charge on any atom is 0.0365 e. The van der Waals surface area contributed by atoms with Crippen LogP contribution >= 0.6 is 0 Å². The molecule has 3 unspecified atom stereocenters. The summed E-state index contributed by atoms with van der Waals surface area (Å²) in [5, 5.41) is 10.5. The third-order valence-corrected chi connectivity index (χ3v) is 12.8. The van der Waals surface area contributed by atoms with Crippen LogP contribution in [-0.2, 0) is 5.41 Å². The molecule has 0 saturated heterocycles. The Morgan fingerprint density at radius 2 is 1.17 bits per heavy atom. The minimum Gasteiger partial charge on any atom is -0.0830 e. The van der Waals surface area contributed by atoms with Crippen molar-refractivity contribution in [2.45, 2.75) is 23.7 Å². The van der Waals surface area contributed by atoms with Crippen molar-refractivity contribution in [2.24, 2.45) is 0 Å². The molecular weight excluding hydrogens is 649 g/mol. The zero-order valence-electron chi connectivity index (χ0n) is 29.8. The Morgan fingerprint density at radius 1 is 0.463 bits per heavy atom. The van der Waals surface area contributed by atoms with Gasteiger partial charge < -0.3 is 0 Å². The molecule has 0 radical (unpaired) electrons. The molecule has 0 aliphatic heterocycles. The molecule has 4 aliphatic carbocycles. The largest absolute Gasteiger partial charge is 0.0830 e. The van der Waals surface area contributed by atoms with Gasteiger partial charge in [-0.15, -0.1) is 0 Å². The van der Waals surface area contributed by atoms with E-state index in [2.05, 4.69) is 194 Å². The predicted molar refractivity (Wildman–Crippen MR) is 229 cm³/mol. The van der Waals surface area contributed by atoms with Crippen LogP contribution in [0, 0.1) is 0 Å². The van der Waals surface area contributed by atoms with Crippen molar-refractivity contribution < 1.29 is 0 Å². The van der Waals surface area contributed by atoms with Gasteiger partial charge in [-0.25, -0.2) is 0 Å². The first kappa shape index (κ1) is 30.0. The molecule has 4 aliphatic rings. The fourth-order valence-electron chi connectivity index (χ4n) is 10.4. The highest BCUT2D eigenvalue weighted by Gasteiger charge is 2.38. The van der Waals surface area contributed by atoms with E-state index in [9.17, 15) is 0 Å². The van der Waals surface area contributed by atoms with Gasteiger partial charge in [0.25, 0.3) is 0 Å². The smallest absolute Gasteiger partial charge is 0.0365 e. The van der Waals surface area contributed by atoms with Crippen molar-refractivity contribution in [2.75, 3.05) is 0 Å². The third kappa shape index (κ3) is 4.14. The average molecular weight is 685 g/mol. The lowest BCUT2D eigenvalue weighted by molar-refractivity contribution is 0.687. The van der Waals surface area contributed by atoms with Gasteiger partial charge in [-0.2, -0.15) is 0 Å². The second-order valence-corrected chi connectivity index (χ2v) is 15.5. The molecule has 0 N–H and O–H groups in total. The zero-order chi connectivity index (χ0) is 35.4. The standard InChI is InChI=1S/C54H36/c1-10-29-54(30-11-1)33-49(40-17-8-9-22-50(40)54)53-43-19-7-6-18-42(43)52(46-28-27-45-39-16-5-4-15-38(39)41-20-12-21-44(46)51(41)45)48-32-37(25-26-47(48)53)36-24-23-34-13-2-3-14-35(34)31-36/h1-29,31-33,38-39H,30H2. The first-order valence-corrected chi connectivity index (χ1v) is 19.3. The van der Waals surface area contributed by atoms with Gasteiger partial charge in [0, 0.05) is 17.3 Å². The van der Waals surface area contributed by atoms with Crippen LogP contribution < -0.4 is 0 Å². The van der Waals surface area contributed by atoms with E-state index in [0.717, 1.165) is 6.42 Å². The van der Waals surface area contributed by atoms with Crippen molar-refractivity contribution >= 4 is 48.7 Å². The highest BCUT2D eigenvalue weighted by molar-refractivity contribution is 6.23. The second kappa shape index (κ2) is 11.3. The zero-order valence-corrected chi connectivity index (χ0v) is 29.8. The summed E-state index contributed by atoms with van der Waals surface area (Å²) in [6.07, 6.45) is 21.9. The lowest BCUT2D eigenvalue weighted by Gasteiger charge is -2.25.